The number of nitrogens with zero attached hydrogens (tertiary/aromatic N) is 4. The molecule has 1 atom stereocenters. The minimum absolute atomic E-state index is 0.0333. The van der Waals surface area contributed by atoms with E-state index in [0.29, 0.717) is 17.0 Å². The lowest BCUT2D eigenvalue weighted by Crippen LogP contribution is -2.25. The first-order valence-corrected chi connectivity index (χ1v) is 15.9. The predicted molar refractivity (Wildman–Crippen MR) is 189 cm³/mol. The highest BCUT2D eigenvalue weighted by molar-refractivity contribution is 6.32. The molecule has 2 heterocycles. The Morgan fingerprint density at radius 3 is 2.36 bits per heavy atom. The summed E-state index contributed by atoms with van der Waals surface area (Å²) < 4.78 is 11.5. The normalized spacial score (nSPS) is 21.4. The molecule has 47 heavy (non-hydrogen) atoms. The van der Waals surface area contributed by atoms with E-state index in [1.54, 1.807) is 0 Å². The molecule has 0 N–H and O–H groups in total. The van der Waals surface area contributed by atoms with Gasteiger partial charge in [0.05, 0.1) is 12.8 Å². The van der Waals surface area contributed by atoms with Crippen LogP contribution >= 0.6 is 11.6 Å². The fraction of sp³-hybridized carbons (Fsp3) is 0.275. The highest BCUT2D eigenvalue weighted by atomic mass is 35.5. The lowest BCUT2D eigenvalue weighted by molar-refractivity contribution is 0.0950. The summed E-state index contributed by atoms with van der Waals surface area (Å²) in [4.78, 5) is 12.6. The molecule has 5 rings (SSSR count). The number of allylic oxidation sites excluding steroid dienone is 7. The summed E-state index contributed by atoms with van der Waals surface area (Å²) >= 11 is 7.22. The Kier molecular flexibility index (Phi) is 9.35. The van der Waals surface area contributed by atoms with Gasteiger partial charge in [0.15, 0.2) is 0 Å². The van der Waals surface area contributed by atoms with Gasteiger partial charge in [-0.1, -0.05) is 80.6 Å². The second kappa shape index (κ2) is 13.3. The summed E-state index contributed by atoms with van der Waals surface area (Å²) in [6, 6.07) is 16.6. The minimum atomic E-state index is -0.899. The van der Waals surface area contributed by atoms with E-state index in [0.717, 1.165) is 35.4 Å². The first-order chi connectivity index (χ1) is 22.5. The van der Waals surface area contributed by atoms with Gasteiger partial charge in [0.25, 0.3) is 0 Å². The first kappa shape index (κ1) is 33.2. The number of likely N-dealkylation sites (N-methyl/N-ethyl adjacent to an activating group) is 1. The highest BCUT2D eigenvalue weighted by Gasteiger charge is 2.42. The molecule has 7 heteroatoms. The van der Waals surface area contributed by atoms with Crippen LogP contribution in [0.1, 0.15) is 64.5 Å². The molecule has 1 unspecified atom stereocenters. The molecule has 0 spiro atoms. The van der Waals surface area contributed by atoms with Crippen molar-refractivity contribution in [3.8, 4) is 5.75 Å². The van der Waals surface area contributed by atoms with Gasteiger partial charge in [-0.15, -0.1) is 0 Å². The molecule has 3 aliphatic rings. The third kappa shape index (κ3) is 6.16. The average Bonchev–Trinajstić information content (AvgIpc) is 3.45. The maximum absolute atomic E-state index is 7.86. The van der Waals surface area contributed by atoms with Gasteiger partial charge in [0, 0.05) is 33.9 Å². The van der Waals surface area contributed by atoms with Gasteiger partial charge in [-0.2, -0.15) is 9.69 Å². The molecule has 2 aromatic rings. The topological polar surface area (TPSA) is 34.8 Å². The number of halogens is 1. The third-order valence-corrected chi connectivity index (χ3v) is 9.56. The van der Waals surface area contributed by atoms with Gasteiger partial charge >= 0.3 is 5.82 Å². The fourth-order valence-electron chi connectivity index (χ4n) is 6.70. The summed E-state index contributed by atoms with van der Waals surface area (Å²) in [5, 5.41) is 0.679. The smallest absolute Gasteiger partial charge is 0.499 e. The Morgan fingerprint density at radius 1 is 1.02 bits per heavy atom. The molecular weight excluding hydrogens is 604 g/mol. The van der Waals surface area contributed by atoms with Crippen LogP contribution < -0.4 is 9.64 Å². The van der Waals surface area contributed by atoms with E-state index in [4.69, 9.17) is 40.8 Å². The van der Waals surface area contributed by atoms with Crippen molar-refractivity contribution in [3.05, 3.63) is 176 Å². The number of fused-ring (bicyclic) bond motifs is 1. The molecule has 2 aromatic carbocycles. The van der Waals surface area contributed by atoms with Crippen LogP contribution in [0.15, 0.2) is 130 Å². The molecule has 236 valence electrons. The van der Waals surface area contributed by atoms with Gasteiger partial charge in [-0.25, -0.2) is 4.85 Å². The van der Waals surface area contributed by atoms with Gasteiger partial charge in [-0.3, -0.25) is 0 Å². The Morgan fingerprint density at radius 2 is 1.72 bits per heavy atom. The van der Waals surface area contributed by atoms with E-state index in [-0.39, 0.29) is 28.6 Å². The summed E-state index contributed by atoms with van der Waals surface area (Å²) in [6.45, 7) is 37.5. The molecule has 6 nitrogen and oxygen atoms in total. The van der Waals surface area contributed by atoms with Crippen LogP contribution in [0.25, 0.3) is 14.5 Å². The van der Waals surface area contributed by atoms with Crippen LogP contribution in [0.4, 0.5) is 5.69 Å². The highest BCUT2D eigenvalue weighted by Crippen LogP contribution is 2.49. The number of benzene rings is 2. The van der Waals surface area contributed by atoms with E-state index in [9.17, 15) is 0 Å². The monoisotopic (exact) mass is 640 g/mol. The van der Waals surface area contributed by atoms with E-state index < -0.39 is 5.60 Å². The summed E-state index contributed by atoms with van der Waals surface area (Å²) in [5.74, 6) is 0.651. The van der Waals surface area contributed by atoms with Crippen molar-refractivity contribution >= 4 is 17.3 Å². The Balaban J connectivity index is 1.61. The van der Waals surface area contributed by atoms with E-state index in [1.807, 2.05) is 38.1 Å². The zero-order valence-corrected chi connectivity index (χ0v) is 28.2. The van der Waals surface area contributed by atoms with Crippen LogP contribution in [-0.4, -0.2) is 12.1 Å². The number of para-hydroxylation sites is 1. The molecule has 0 amide bonds. The molecule has 1 aliphatic carbocycles. The maximum Gasteiger partial charge on any atom is 0.550 e. The Bertz CT molecular complexity index is 1920. The van der Waals surface area contributed by atoms with E-state index in [1.165, 1.54) is 23.2 Å². The summed E-state index contributed by atoms with van der Waals surface area (Å²) in [6.07, 6.45) is 11.0. The summed E-state index contributed by atoms with van der Waals surface area (Å²) in [7, 11) is 0. The zero-order valence-electron chi connectivity index (χ0n) is 27.4. The second-order valence-corrected chi connectivity index (χ2v) is 13.0. The SMILES string of the molecule is [C-]#[N+]C([N+]#[C-])=C1OC(C)(C)C(/C=C/C2=C(Cl)C(=C/C=C3\N(CC)c4ccccc4C3(C)C)/CC(c3ccc(OC=C)cc3)C2)=C1[N+]#[C-]. The standard InChI is InChI=1S/C40H37ClN4O2/c1-10-45-33-15-13-12-14-31(33)39(3,4)34(45)23-19-28-25-29(26-16-20-30(21-17-26)46-11-2)24-27(35(28)41)18-22-32-36(42-7)37(38(43-8)44-9)47-40(32,5)6/h11-23,29H,2,10,24-25H2,1,3-6H3/b22-18+,28-19+,34-23-. The molecular formula is C40H37ClN4O2. The van der Waals surface area contributed by atoms with Gasteiger partial charge in [0.1, 0.15) is 24.5 Å². The van der Waals surface area contributed by atoms with E-state index in [2.05, 4.69) is 95.3 Å². The first-order valence-electron chi connectivity index (χ1n) is 15.5. The number of ether oxygens (including phenoxy) is 2. The molecule has 2 aliphatic heterocycles. The van der Waals surface area contributed by atoms with E-state index >= 15 is 0 Å². The number of hydrogen-bond acceptors (Lipinski definition) is 3. The number of hydrogen-bond donors (Lipinski definition) is 0. The van der Waals surface area contributed by atoms with Crippen LogP contribution in [0.3, 0.4) is 0 Å². The average molecular weight is 641 g/mol. The lowest BCUT2D eigenvalue weighted by Gasteiger charge is -2.28. The van der Waals surface area contributed by atoms with Crippen molar-refractivity contribution in [3.63, 3.8) is 0 Å². The van der Waals surface area contributed by atoms with Gasteiger partial charge in [0.2, 0.25) is 11.5 Å². The van der Waals surface area contributed by atoms with Crippen LogP contribution in [0.5, 0.6) is 5.75 Å². The quantitative estimate of drug-likeness (QED) is 0.223. The van der Waals surface area contributed by atoms with Crippen molar-refractivity contribution in [1.29, 1.82) is 0 Å². The van der Waals surface area contributed by atoms with Gasteiger partial charge < -0.3 is 14.4 Å². The molecule has 0 radical (unpaired) electrons. The molecule has 0 saturated heterocycles. The Labute approximate surface area is 283 Å². The van der Waals surface area contributed by atoms with Gasteiger partial charge in [-0.05, 0) is 86.1 Å². The Hall–Kier alpha value is -5.22. The fourth-order valence-corrected chi connectivity index (χ4v) is 6.98. The third-order valence-electron chi connectivity index (χ3n) is 9.08. The molecule has 0 bridgehead atoms. The number of rotatable bonds is 7. The van der Waals surface area contributed by atoms with Crippen LogP contribution in [0.2, 0.25) is 0 Å². The van der Waals surface area contributed by atoms with Crippen LogP contribution in [0, 0.1) is 19.7 Å². The van der Waals surface area contributed by atoms with Crippen LogP contribution in [-0.2, 0) is 10.2 Å². The van der Waals surface area contributed by atoms with Crippen molar-refractivity contribution in [2.75, 3.05) is 11.4 Å². The lowest BCUT2D eigenvalue weighted by atomic mass is 9.80. The van der Waals surface area contributed by atoms with Crippen molar-refractivity contribution in [2.45, 2.75) is 64.4 Å². The molecule has 0 fully saturated rings. The molecule has 0 aromatic heterocycles. The van der Waals surface area contributed by atoms with Crippen molar-refractivity contribution in [2.24, 2.45) is 0 Å². The zero-order chi connectivity index (χ0) is 33.9. The minimum Gasteiger partial charge on any atom is -0.499 e. The second-order valence-electron chi connectivity index (χ2n) is 12.6. The predicted octanol–water partition coefficient (Wildman–Crippen LogP) is 10.8. The van der Waals surface area contributed by atoms with Crippen molar-refractivity contribution in [1.82, 2.24) is 0 Å². The maximum atomic E-state index is 7.86. The molecule has 0 saturated carbocycles. The summed E-state index contributed by atoms with van der Waals surface area (Å²) in [5.41, 5.74) is 6.58. The largest absolute Gasteiger partial charge is 0.550 e. The number of anilines is 1. The van der Waals surface area contributed by atoms with Crippen molar-refractivity contribution < 1.29 is 9.47 Å².